The van der Waals surface area contributed by atoms with Gasteiger partial charge in [0.15, 0.2) is 9.84 Å². The molecule has 18 heavy (non-hydrogen) atoms. The highest BCUT2D eigenvalue weighted by Gasteiger charge is 2.28. The Hall–Kier alpha value is -0.760. The van der Waals surface area contributed by atoms with Gasteiger partial charge in [-0.3, -0.25) is 0 Å². The summed E-state index contributed by atoms with van der Waals surface area (Å²) in [4.78, 5) is -0.132. The highest BCUT2D eigenvalue weighted by atomic mass is 79.9. The molecule has 0 saturated heterocycles. The zero-order chi connectivity index (χ0) is 14.0. The summed E-state index contributed by atoms with van der Waals surface area (Å²) in [5, 5.41) is 0. The van der Waals surface area contributed by atoms with E-state index in [1.807, 2.05) is 0 Å². The number of nitrogens with two attached hydrogens (primary N) is 1. The summed E-state index contributed by atoms with van der Waals surface area (Å²) < 4.78 is 60.0. The van der Waals surface area contributed by atoms with Crippen LogP contribution in [-0.4, -0.2) is 20.3 Å². The van der Waals surface area contributed by atoms with Crippen LogP contribution in [0.1, 0.15) is 12.8 Å². The van der Waals surface area contributed by atoms with Crippen molar-refractivity contribution in [3.05, 3.63) is 22.7 Å². The fraction of sp³-hybridized carbons (Fsp3) is 0.400. The highest BCUT2D eigenvalue weighted by molar-refractivity contribution is 9.10. The van der Waals surface area contributed by atoms with Gasteiger partial charge in [-0.25, -0.2) is 8.42 Å². The molecular formula is C10H11BrF3NO2S. The Kier molecular flexibility index (Phi) is 4.66. The largest absolute Gasteiger partial charge is 0.398 e. The van der Waals surface area contributed by atoms with Crippen LogP contribution in [-0.2, 0) is 9.84 Å². The third-order valence-electron chi connectivity index (χ3n) is 2.18. The van der Waals surface area contributed by atoms with Gasteiger partial charge < -0.3 is 5.73 Å². The Labute approximate surface area is 111 Å². The van der Waals surface area contributed by atoms with E-state index in [0.29, 0.717) is 4.47 Å². The fourth-order valence-corrected chi connectivity index (χ4v) is 3.19. The van der Waals surface area contributed by atoms with Crippen molar-refractivity contribution < 1.29 is 21.6 Å². The second kappa shape index (κ2) is 5.48. The third-order valence-corrected chi connectivity index (χ3v) is 4.54. The van der Waals surface area contributed by atoms with Crippen molar-refractivity contribution >= 4 is 31.5 Å². The number of alkyl halides is 3. The second-order valence-corrected chi connectivity index (χ2v) is 6.71. The first-order valence-electron chi connectivity index (χ1n) is 4.96. The summed E-state index contributed by atoms with van der Waals surface area (Å²) in [6, 6.07) is 4.16. The van der Waals surface area contributed by atoms with E-state index in [2.05, 4.69) is 15.9 Å². The van der Waals surface area contributed by atoms with E-state index in [9.17, 15) is 21.6 Å². The maximum absolute atomic E-state index is 11.9. The third kappa shape index (κ3) is 4.49. The van der Waals surface area contributed by atoms with Gasteiger partial charge in [0.05, 0.1) is 16.3 Å². The monoisotopic (exact) mass is 345 g/mol. The van der Waals surface area contributed by atoms with Crippen molar-refractivity contribution in [1.29, 1.82) is 0 Å². The Morgan fingerprint density at radius 2 is 1.89 bits per heavy atom. The minimum Gasteiger partial charge on any atom is -0.398 e. The average Bonchev–Trinajstić information content (AvgIpc) is 2.13. The Morgan fingerprint density at radius 3 is 2.39 bits per heavy atom. The van der Waals surface area contributed by atoms with Crippen LogP contribution in [0, 0.1) is 0 Å². The van der Waals surface area contributed by atoms with Gasteiger partial charge in [-0.05, 0) is 24.6 Å². The maximum Gasteiger partial charge on any atom is 0.389 e. The van der Waals surface area contributed by atoms with Crippen molar-refractivity contribution in [3.8, 4) is 0 Å². The molecule has 0 saturated carbocycles. The molecule has 1 aromatic carbocycles. The lowest BCUT2D eigenvalue weighted by Gasteiger charge is -2.09. The molecule has 3 nitrogen and oxygen atoms in total. The van der Waals surface area contributed by atoms with E-state index in [-0.39, 0.29) is 10.6 Å². The van der Waals surface area contributed by atoms with E-state index in [0.717, 1.165) is 0 Å². The van der Waals surface area contributed by atoms with Crippen LogP contribution >= 0.6 is 15.9 Å². The summed E-state index contributed by atoms with van der Waals surface area (Å²) in [6.45, 7) is 0. The number of anilines is 1. The molecule has 0 spiro atoms. The minimum atomic E-state index is -4.35. The van der Waals surface area contributed by atoms with Crippen molar-refractivity contribution in [2.45, 2.75) is 23.9 Å². The molecule has 0 aliphatic rings. The number of halogens is 4. The fourth-order valence-electron chi connectivity index (χ4n) is 1.38. The predicted molar refractivity (Wildman–Crippen MR) is 65.9 cm³/mol. The number of sulfone groups is 1. The lowest BCUT2D eigenvalue weighted by molar-refractivity contribution is -0.134. The summed E-state index contributed by atoms with van der Waals surface area (Å²) in [7, 11) is -3.78. The van der Waals surface area contributed by atoms with Crippen LogP contribution in [0.25, 0.3) is 0 Å². The van der Waals surface area contributed by atoms with E-state index in [1.165, 1.54) is 18.2 Å². The number of hydrogen-bond acceptors (Lipinski definition) is 3. The molecule has 8 heteroatoms. The first-order chi connectivity index (χ1) is 8.12. The standard InChI is InChI=1S/C10H11BrF3NO2S/c11-7-2-3-9(8(15)6-7)18(16,17)5-1-4-10(12,13)14/h2-3,6H,1,4-5,15H2. The first kappa shape index (κ1) is 15.3. The van der Waals surface area contributed by atoms with Crippen LogP contribution in [0.2, 0.25) is 0 Å². The Bertz CT molecular complexity index is 528. The zero-order valence-electron chi connectivity index (χ0n) is 9.17. The summed E-state index contributed by atoms with van der Waals surface area (Å²) in [5.41, 5.74) is 5.56. The number of rotatable bonds is 4. The van der Waals surface area contributed by atoms with Gasteiger partial charge in [-0.2, -0.15) is 13.2 Å². The van der Waals surface area contributed by atoms with E-state index >= 15 is 0 Å². The smallest absolute Gasteiger partial charge is 0.389 e. The molecular weight excluding hydrogens is 335 g/mol. The predicted octanol–water partition coefficient (Wildman–Crippen LogP) is 3.15. The van der Waals surface area contributed by atoms with Crippen LogP contribution in [0.15, 0.2) is 27.6 Å². The van der Waals surface area contributed by atoms with Gasteiger partial charge in [-0.15, -0.1) is 0 Å². The lowest BCUT2D eigenvalue weighted by atomic mass is 10.3. The van der Waals surface area contributed by atoms with Crippen LogP contribution in [0.5, 0.6) is 0 Å². The second-order valence-electron chi connectivity index (χ2n) is 3.72. The summed E-state index contributed by atoms with van der Waals surface area (Å²) in [6.07, 6.45) is -5.94. The average molecular weight is 346 g/mol. The SMILES string of the molecule is Nc1cc(Br)ccc1S(=O)(=O)CCCC(F)(F)F. The molecule has 0 atom stereocenters. The topological polar surface area (TPSA) is 60.2 Å². The molecule has 1 aromatic rings. The van der Waals surface area contributed by atoms with Crippen LogP contribution in [0.4, 0.5) is 18.9 Å². The van der Waals surface area contributed by atoms with Gasteiger partial charge in [0, 0.05) is 10.9 Å². The maximum atomic E-state index is 11.9. The van der Waals surface area contributed by atoms with Crippen LogP contribution < -0.4 is 5.73 Å². The summed E-state index contributed by atoms with van der Waals surface area (Å²) >= 11 is 3.12. The zero-order valence-corrected chi connectivity index (χ0v) is 11.6. The van der Waals surface area contributed by atoms with Crippen molar-refractivity contribution in [2.24, 2.45) is 0 Å². The van der Waals surface area contributed by atoms with E-state index in [4.69, 9.17) is 5.73 Å². The molecule has 0 aromatic heterocycles. The molecule has 0 fully saturated rings. The van der Waals surface area contributed by atoms with Crippen molar-refractivity contribution in [3.63, 3.8) is 0 Å². The number of benzene rings is 1. The molecule has 0 bridgehead atoms. The Morgan fingerprint density at radius 1 is 1.28 bits per heavy atom. The van der Waals surface area contributed by atoms with E-state index in [1.54, 1.807) is 0 Å². The number of nitrogen functional groups attached to an aromatic ring is 1. The molecule has 1 rings (SSSR count). The van der Waals surface area contributed by atoms with Crippen LogP contribution in [0.3, 0.4) is 0 Å². The molecule has 0 amide bonds. The molecule has 0 heterocycles. The normalized spacial score (nSPS) is 12.7. The molecule has 102 valence electrons. The molecule has 2 N–H and O–H groups in total. The van der Waals surface area contributed by atoms with Crippen molar-refractivity contribution in [2.75, 3.05) is 11.5 Å². The first-order valence-corrected chi connectivity index (χ1v) is 7.41. The lowest BCUT2D eigenvalue weighted by Crippen LogP contribution is -2.13. The van der Waals surface area contributed by atoms with Gasteiger partial charge in [0.2, 0.25) is 0 Å². The molecule has 0 radical (unpaired) electrons. The van der Waals surface area contributed by atoms with Gasteiger partial charge in [0.25, 0.3) is 0 Å². The molecule has 0 aliphatic heterocycles. The minimum absolute atomic E-state index is 0.0244. The van der Waals surface area contributed by atoms with Gasteiger partial charge in [-0.1, -0.05) is 15.9 Å². The highest BCUT2D eigenvalue weighted by Crippen LogP contribution is 2.26. The quantitative estimate of drug-likeness (QED) is 0.852. The van der Waals surface area contributed by atoms with E-state index < -0.39 is 34.6 Å². The van der Waals surface area contributed by atoms with Crippen molar-refractivity contribution in [1.82, 2.24) is 0 Å². The molecule has 0 aliphatic carbocycles. The Balaban J connectivity index is 2.81. The molecule has 0 unspecified atom stereocenters. The summed E-state index contributed by atoms with van der Waals surface area (Å²) in [5.74, 6) is -0.571. The number of hydrogen-bond donors (Lipinski definition) is 1. The van der Waals surface area contributed by atoms with Gasteiger partial charge in [0.1, 0.15) is 0 Å². The van der Waals surface area contributed by atoms with Gasteiger partial charge >= 0.3 is 6.18 Å².